The summed E-state index contributed by atoms with van der Waals surface area (Å²) in [7, 11) is 0. The lowest BCUT2D eigenvalue weighted by Crippen LogP contribution is -2.39. The van der Waals surface area contributed by atoms with Gasteiger partial charge in [-0.1, -0.05) is 6.07 Å². The van der Waals surface area contributed by atoms with Crippen molar-refractivity contribution in [3.8, 4) is 9.88 Å². The second-order valence-electron chi connectivity index (χ2n) is 3.96. The van der Waals surface area contributed by atoms with Crippen LogP contribution in [0.2, 0.25) is 0 Å². The summed E-state index contributed by atoms with van der Waals surface area (Å²) in [6, 6.07) is 3.20. The van der Waals surface area contributed by atoms with Gasteiger partial charge >= 0.3 is 5.97 Å². The lowest BCUT2D eigenvalue weighted by atomic mass is 10.3. The molecule has 1 N–H and O–H groups in total. The quantitative estimate of drug-likeness (QED) is 0.862. The molecular weight excluding hydrogens is 296 g/mol. The largest absolute Gasteiger partial charge is 0.464 e. The Kier molecular flexibility index (Phi) is 4.86. The molecule has 0 bridgehead atoms. The summed E-state index contributed by atoms with van der Waals surface area (Å²) in [5, 5.41) is 7.01. The average Bonchev–Trinajstić information content (AvgIpc) is 3.09. The second kappa shape index (κ2) is 6.62. The van der Waals surface area contributed by atoms with Crippen LogP contribution in [0.5, 0.6) is 0 Å². The summed E-state index contributed by atoms with van der Waals surface area (Å²) in [5.74, 6) is -0.820. The van der Waals surface area contributed by atoms with E-state index >= 15 is 0 Å². The lowest BCUT2D eigenvalue weighted by molar-refractivity contribution is -0.144. The lowest BCUT2D eigenvalue weighted by Gasteiger charge is -2.11. The van der Waals surface area contributed by atoms with Crippen LogP contribution in [0.1, 0.15) is 24.3 Å². The van der Waals surface area contributed by atoms with Crippen molar-refractivity contribution in [2.24, 2.45) is 0 Å². The normalized spacial score (nSPS) is 11.9. The van der Waals surface area contributed by atoms with Crippen molar-refractivity contribution < 1.29 is 14.3 Å². The zero-order chi connectivity index (χ0) is 14.5. The predicted octanol–water partition coefficient (Wildman–Crippen LogP) is 2.55. The highest BCUT2D eigenvalue weighted by Gasteiger charge is 2.19. The average molecular weight is 310 g/mol. The van der Waals surface area contributed by atoms with Crippen LogP contribution in [-0.2, 0) is 9.53 Å². The van der Waals surface area contributed by atoms with Gasteiger partial charge in [-0.15, -0.1) is 22.7 Å². The van der Waals surface area contributed by atoms with Gasteiger partial charge < -0.3 is 10.1 Å². The maximum absolute atomic E-state index is 12.0. The first-order valence-electron chi connectivity index (χ1n) is 6.08. The number of thiophene rings is 1. The van der Waals surface area contributed by atoms with Crippen LogP contribution < -0.4 is 5.32 Å². The van der Waals surface area contributed by atoms with Crippen molar-refractivity contribution in [3.05, 3.63) is 28.6 Å². The Morgan fingerprint density at radius 2 is 2.25 bits per heavy atom. The molecule has 2 rings (SSSR count). The number of ether oxygens (including phenoxy) is 1. The molecule has 0 spiro atoms. The molecule has 1 amide bonds. The maximum atomic E-state index is 12.0. The molecule has 106 valence electrons. The molecule has 1 unspecified atom stereocenters. The topological polar surface area (TPSA) is 68.3 Å². The Hall–Kier alpha value is -1.73. The van der Waals surface area contributed by atoms with E-state index in [-0.39, 0.29) is 12.5 Å². The van der Waals surface area contributed by atoms with Crippen molar-refractivity contribution in [1.82, 2.24) is 10.3 Å². The van der Waals surface area contributed by atoms with Gasteiger partial charge in [0, 0.05) is 5.38 Å². The Labute approximate surface area is 124 Å². The fourth-order valence-electron chi connectivity index (χ4n) is 1.49. The Balaban J connectivity index is 2.01. The third-order valence-corrected chi connectivity index (χ3v) is 4.34. The molecule has 0 aliphatic rings. The summed E-state index contributed by atoms with van der Waals surface area (Å²) in [5.41, 5.74) is 0.314. The van der Waals surface area contributed by atoms with E-state index in [1.165, 1.54) is 11.3 Å². The molecule has 1 atom stereocenters. The fourth-order valence-corrected chi connectivity index (χ4v) is 3.10. The van der Waals surface area contributed by atoms with Crippen molar-refractivity contribution in [3.63, 3.8) is 0 Å². The first kappa shape index (κ1) is 14.7. The zero-order valence-corrected chi connectivity index (χ0v) is 12.7. The molecule has 2 heterocycles. The molecule has 0 aliphatic carbocycles. The van der Waals surface area contributed by atoms with E-state index in [1.807, 2.05) is 17.5 Å². The van der Waals surface area contributed by atoms with Crippen molar-refractivity contribution in [2.45, 2.75) is 19.9 Å². The van der Waals surface area contributed by atoms with Crippen molar-refractivity contribution >= 4 is 34.6 Å². The standard InChI is InChI=1S/C13H14N2O3S2/c1-3-18-13(17)8(2)14-11(16)9-7-20-12(15-9)10-5-4-6-19-10/h4-8H,3H2,1-2H3,(H,14,16). The van der Waals surface area contributed by atoms with Gasteiger partial charge in [-0.3, -0.25) is 4.79 Å². The third-order valence-electron chi connectivity index (χ3n) is 2.46. The minimum Gasteiger partial charge on any atom is -0.464 e. The van der Waals surface area contributed by atoms with Crippen LogP contribution in [0.4, 0.5) is 0 Å². The van der Waals surface area contributed by atoms with E-state index < -0.39 is 12.0 Å². The zero-order valence-electron chi connectivity index (χ0n) is 11.1. The highest BCUT2D eigenvalue weighted by atomic mass is 32.1. The monoisotopic (exact) mass is 310 g/mol. The van der Waals surface area contributed by atoms with Crippen LogP contribution in [-0.4, -0.2) is 29.5 Å². The summed E-state index contributed by atoms with van der Waals surface area (Å²) >= 11 is 2.97. The Morgan fingerprint density at radius 3 is 2.90 bits per heavy atom. The number of hydrogen-bond acceptors (Lipinski definition) is 6. The first-order valence-corrected chi connectivity index (χ1v) is 7.84. The van der Waals surface area contributed by atoms with Gasteiger partial charge in [-0.05, 0) is 25.3 Å². The highest BCUT2D eigenvalue weighted by molar-refractivity contribution is 7.20. The second-order valence-corrected chi connectivity index (χ2v) is 5.77. The Morgan fingerprint density at radius 1 is 1.45 bits per heavy atom. The number of hydrogen-bond donors (Lipinski definition) is 1. The molecular formula is C13H14N2O3S2. The number of thiazole rings is 1. The van der Waals surface area contributed by atoms with Crippen LogP contribution in [0.3, 0.4) is 0 Å². The molecule has 0 fully saturated rings. The molecule has 20 heavy (non-hydrogen) atoms. The van der Waals surface area contributed by atoms with Crippen LogP contribution in [0, 0.1) is 0 Å². The highest BCUT2D eigenvalue weighted by Crippen LogP contribution is 2.27. The number of aromatic nitrogens is 1. The number of nitrogens with one attached hydrogen (secondary N) is 1. The molecule has 7 heteroatoms. The smallest absolute Gasteiger partial charge is 0.328 e. The summed E-state index contributed by atoms with van der Waals surface area (Å²) < 4.78 is 4.83. The van der Waals surface area contributed by atoms with Crippen LogP contribution in [0.25, 0.3) is 9.88 Å². The molecule has 0 saturated carbocycles. The van der Waals surface area contributed by atoms with Gasteiger partial charge in [-0.2, -0.15) is 0 Å². The molecule has 0 aliphatic heterocycles. The minimum atomic E-state index is -0.686. The number of rotatable bonds is 5. The van der Waals surface area contributed by atoms with Crippen LogP contribution in [0.15, 0.2) is 22.9 Å². The van der Waals surface area contributed by atoms with E-state index in [2.05, 4.69) is 10.3 Å². The van der Waals surface area contributed by atoms with Gasteiger partial charge in [0.15, 0.2) is 0 Å². The predicted molar refractivity (Wildman–Crippen MR) is 79.0 cm³/mol. The summed E-state index contributed by atoms with van der Waals surface area (Å²) in [6.45, 7) is 3.60. The van der Waals surface area contributed by atoms with Gasteiger partial charge in [0.1, 0.15) is 16.7 Å². The SMILES string of the molecule is CCOC(=O)C(C)NC(=O)c1csc(-c2cccs2)n1. The van der Waals surface area contributed by atoms with Crippen molar-refractivity contribution in [2.75, 3.05) is 6.61 Å². The van der Waals surface area contributed by atoms with Gasteiger partial charge in [-0.25, -0.2) is 9.78 Å². The fraction of sp³-hybridized carbons (Fsp3) is 0.308. The minimum absolute atomic E-state index is 0.290. The van der Waals surface area contributed by atoms with Gasteiger partial charge in [0.2, 0.25) is 0 Å². The molecule has 2 aromatic heterocycles. The molecule has 2 aromatic rings. The number of carbonyl (C=O) groups excluding carboxylic acids is 2. The van der Waals surface area contributed by atoms with E-state index in [4.69, 9.17) is 4.74 Å². The number of carbonyl (C=O) groups is 2. The van der Waals surface area contributed by atoms with Gasteiger partial charge in [0.25, 0.3) is 5.91 Å². The van der Waals surface area contributed by atoms with E-state index in [0.717, 1.165) is 9.88 Å². The number of nitrogens with zero attached hydrogens (tertiary/aromatic N) is 1. The maximum Gasteiger partial charge on any atom is 0.328 e. The Bertz CT molecular complexity index is 593. The molecule has 0 radical (unpaired) electrons. The molecule has 0 saturated heterocycles. The third kappa shape index (κ3) is 3.43. The number of esters is 1. The molecule has 5 nitrogen and oxygen atoms in total. The van der Waals surface area contributed by atoms with Crippen molar-refractivity contribution in [1.29, 1.82) is 0 Å². The van der Waals surface area contributed by atoms with E-state index in [0.29, 0.717) is 5.69 Å². The molecule has 0 aromatic carbocycles. The summed E-state index contributed by atoms with van der Waals surface area (Å²) in [4.78, 5) is 28.7. The van der Waals surface area contributed by atoms with E-state index in [1.54, 1.807) is 30.6 Å². The first-order chi connectivity index (χ1) is 9.61. The van der Waals surface area contributed by atoms with Crippen LogP contribution >= 0.6 is 22.7 Å². The summed E-state index contributed by atoms with van der Waals surface area (Å²) in [6.07, 6.45) is 0. The van der Waals surface area contributed by atoms with E-state index in [9.17, 15) is 9.59 Å². The number of amides is 1. The van der Waals surface area contributed by atoms with Gasteiger partial charge in [0.05, 0.1) is 11.5 Å².